The average molecular weight is 273 g/mol. The third-order valence-corrected chi connectivity index (χ3v) is 3.98. The zero-order valence-corrected chi connectivity index (χ0v) is 12.3. The van der Waals surface area contributed by atoms with E-state index in [1.807, 2.05) is 0 Å². The van der Waals surface area contributed by atoms with E-state index in [4.69, 9.17) is 15.5 Å². The first-order valence-corrected chi connectivity index (χ1v) is 7.43. The first-order chi connectivity index (χ1) is 9.70. The van der Waals surface area contributed by atoms with Crippen molar-refractivity contribution in [1.82, 2.24) is 9.55 Å². The molecule has 1 unspecified atom stereocenters. The van der Waals surface area contributed by atoms with Crippen molar-refractivity contribution in [2.75, 3.05) is 13.7 Å². The Morgan fingerprint density at radius 3 is 2.95 bits per heavy atom. The van der Waals surface area contributed by atoms with Crippen LogP contribution >= 0.6 is 0 Å². The summed E-state index contributed by atoms with van der Waals surface area (Å²) in [5.74, 6) is 1.05. The van der Waals surface area contributed by atoms with E-state index < -0.39 is 0 Å². The van der Waals surface area contributed by atoms with E-state index in [1.54, 1.807) is 7.11 Å². The standard InChI is InChI=1S/C16H23N3O/c1-11-5-8-15-14(10-11)18-16(19(15)12-6-7-12)13(17)4-3-9-20-2/h5,8,10,12-13H,3-4,6-7,9,17H2,1-2H3. The van der Waals surface area contributed by atoms with Crippen LogP contribution in [0.15, 0.2) is 18.2 Å². The smallest absolute Gasteiger partial charge is 0.127 e. The summed E-state index contributed by atoms with van der Waals surface area (Å²) in [6.07, 6.45) is 4.39. The van der Waals surface area contributed by atoms with E-state index >= 15 is 0 Å². The molecule has 1 fully saturated rings. The van der Waals surface area contributed by atoms with E-state index in [2.05, 4.69) is 29.7 Å². The second kappa shape index (κ2) is 5.54. The summed E-state index contributed by atoms with van der Waals surface area (Å²) >= 11 is 0. The molecule has 0 bridgehead atoms. The molecule has 1 heterocycles. The fourth-order valence-corrected chi connectivity index (χ4v) is 2.78. The van der Waals surface area contributed by atoms with Gasteiger partial charge in [-0.05, 0) is 50.3 Å². The molecular formula is C16H23N3O. The molecule has 2 aromatic rings. The second-order valence-electron chi connectivity index (χ2n) is 5.80. The molecule has 1 aromatic carbocycles. The highest BCUT2D eigenvalue weighted by Crippen LogP contribution is 2.40. The van der Waals surface area contributed by atoms with E-state index in [-0.39, 0.29) is 6.04 Å². The maximum Gasteiger partial charge on any atom is 0.127 e. The Morgan fingerprint density at radius 2 is 2.25 bits per heavy atom. The van der Waals surface area contributed by atoms with Crippen LogP contribution in [0.25, 0.3) is 11.0 Å². The quantitative estimate of drug-likeness (QED) is 0.823. The number of aromatic nitrogens is 2. The van der Waals surface area contributed by atoms with Crippen molar-refractivity contribution < 1.29 is 4.74 Å². The van der Waals surface area contributed by atoms with Gasteiger partial charge >= 0.3 is 0 Å². The number of nitrogens with two attached hydrogens (primary N) is 1. The molecule has 1 aromatic heterocycles. The van der Waals surface area contributed by atoms with Crippen molar-refractivity contribution in [3.8, 4) is 0 Å². The second-order valence-corrected chi connectivity index (χ2v) is 5.80. The minimum absolute atomic E-state index is 0.00143. The fraction of sp³-hybridized carbons (Fsp3) is 0.562. The number of nitrogens with zero attached hydrogens (tertiary/aromatic N) is 2. The van der Waals surface area contributed by atoms with Crippen LogP contribution < -0.4 is 5.73 Å². The lowest BCUT2D eigenvalue weighted by atomic mass is 10.1. The third-order valence-electron chi connectivity index (χ3n) is 3.98. The summed E-state index contributed by atoms with van der Waals surface area (Å²) in [5, 5.41) is 0. The van der Waals surface area contributed by atoms with Crippen molar-refractivity contribution in [3.63, 3.8) is 0 Å². The van der Waals surface area contributed by atoms with Crippen LogP contribution in [-0.2, 0) is 4.74 Å². The van der Waals surface area contributed by atoms with Crippen LogP contribution in [0.4, 0.5) is 0 Å². The Kier molecular flexibility index (Phi) is 3.76. The zero-order chi connectivity index (χ0) is 14.1. The van der Waals surface area contributed by atoms with Gasteiger partial charge in [0.05, 0.1) is 17.1 Å². The highest BCUT2D eigenvalue weighted by molar-refractivity contribution is 5.77. The molecule has 0 amide bonds. The first kappa shape index (κ1) is 13.6. The molecule has 2 N–H and O–H groups in total. The van der Waals surface area contributed by atoms with Gasteiger partial charge in [0, 0.05) is 19.8 Å². The molecule has 0 spiro atoms. The SMILES string of the molecule is COCCCC(N)c1nc2cc(C)ccc2n1C1CC1. The van der Waals surface area contributed by atoms with Gasteiger partial charge in [0.2, 0.25) is 0 Å². The van der Waals surface area contributed by atoms with Gasteiger partial charge in [-0.2, -0.15) is 0 Å². The fourth-order valence-electron chi connectivity index (χ4n) is 2.78. The Labute approximate surface area is 119 Å². The number of rotatable bonds is 6. The number of benzene rings is 1. The van der Waals surface area contributed by atoms with Crippen molar-refractivity contribution in [1.29, 1.82) is 0 Å². The van der Waals surface area contributed by atoms with Gasteiger partial charge in [-0.1, -0.05) is 6.07 Å². The van der Waals surface area contributed by atoms with Gasteiger partial charge < -0.3 is 15.0 Å². The lowest BCUT2D eigenvalue weighted by Crippen LogP contribution is -2.17. The molecule has 1 atom stereocenters. The lowest BCUT2D eigenvalue weighted by molar-refractivity contribution is 0.190. The van der Waals surface area contributed by atoms with Crippen molar-refractivity contribution in [2.45, 2.75) is 44.7 Å². The molecule has 1 aliphatic rings. The van der Waals surface area contributed by atoms with Crippen LogP contribution in [0.5, 0.6) is 0 Å². The van der Waals surface area contributed by atoms with Gasteiger partial charge in [0.25, 0.3) is 0 Å². The zero-order valence-electron chi connectivity index (χ0n) is 12.3. The molecular weight excluding hydrogens is 250 g/mol. The predicted octanol–water partition coefficient (Wildman–Crippen LogP) is 3.11. The van der Waals surface area contributed by atoms with Gasteiger partial charge in [0.1, 0.15) is 5.82 Å². The highest BCUT2D eigenvalue weighted by Gasteiger charge is 2.29. The Morgan fingerprint density at radius 1 is 1.45 bits per heavy atom. The molecule has 1 aliphatic carbocycles. The van der Waals surface area contributed by atoms with Crippen molar-refractivity contribution in [3.05, 3.63) is 29.6 Å². The Balaban J connectivity index is 1.94. The molecule has 4 nitrogen and oxygen atoms in total. The molecule has 0 saturated heterocycles. The largest absolute Gasteiger partial charge is 0.385 e. The van der Waals surface area contributed by atoms with E-state index in [9.17, 15) is 0 Å². The van der Waals surface area contributed by atoms with Gasteiger partial charge in [-0.25, -0.2) is 4.98 Å². The van der Waals surface area contributed by atoms with E-state index in [0.717, 1.165) is 30.8 Å². The summed E-state index contributed by atoms with van der Waals surface area (Å²) < 4.78 is 7.48. The van der Waals surface area contributed by atoms with Crippen LogP contribution in [-0.4, -0.2) is 23.3 Å². The van der Waals surface area contributed by atoms with E-state index in [0.29, 0.717) is 6.04 Å². The summed E-state index contributed by atoms with van der Waals surface area (Å²) in [6.45, 7) is 2.87. The monoisotopic (exact) mass is 273 g/mol. The lowest BCUT2D eigenvalue weighted by Gasteiger charge is -2.14. The summed E-state index contributed by atoms with van der Waals surface area (Å²) in [7, 11) is 1.73. The van der Waals surface area contributed by atoms with Gasteiger partial charge in [-0.15, -0.1) is 0 Å². The number of hydrogen-bond donors (Lipinski definition) is 1. The van der Waals surface area contributed by atoms with Crippen LogP contribution in [0.3, 0.4) is 0 Å². The molecule has 1 saturated carbocycles. The third kappa shape index (κ3) is 2.58. The molecule has 3 rings (SSSR count). The Bertz CT molecular complexity index is 601. The Hall–Kier alpha value is -1.39. The summed E-state index contributed by atoms with van der Waals surface area (Å²) in [6, 6.07) is 7.09. The highest BCUT2D eigenvalue weighted by atomic mass is 16.5. The van der Waals surface area contributed by atoms with Crippen LogP contribution in [0.1, 0.15) is 49.2 Å². The molecule has 4 heteroatoms. The number of methoxy groups -OCH3 is 1. The molecule has 0 aliphatic heterocycles. The van der Waals surface area contributed by atoms with Crippen molar-refractivity contribution >= 4 is 11.0 Å². The minimum atomic E-state index is -0.00143. The first-order valence-electron chi connectivity index (χ1n) is 7.43. The van der Waals surface area contributed by atoms with Crippen LogP contribution in [0.2, 0.25) is 0 Å². The maximum atomic E-state index is 6.37. The summed E-state index contributed by atoms with van der Waals surface area (Å²) in [5.41, 5.74) is 9.92. The number of fused-ring (bicyclic) bond motifs is 1. The molecule has 108 valence electrons. The topological polar surface area (TPSA) is 53.1 Å². The van der Waals surface area contributed by atoms with Gasteiger partial charge in [-0.3, -0.25) is 0 Å². The van der Waals surface area contributed by atoms with Crippen molar-refractivity contribution in [2.24, 2.45) is 5.73 Å². The average Bonchev–Trinajstić information content (AvgIpc) is 3.19. The number of imidazole rings is 1. The number of ether oxygens (including phenoxy) is 1. The predicted molar refractivity (Wildman–Crippen MR) is 80.8 cm³/mol. The normalized spacial score (nSPS) is 16.8. The molecule has 20 heavy (non-hydrogen) atoms. The minimum Gasteiger partial charge on any atom is -0.385 e. The number of hydrogen-bond acceptors (Lipinski definition) is 3. The van der Waals surface area contributed by atoms with E-state index in [1.165, 1.54) is 23.9 Å². The maximum absolute atomic E-state index is 6.37. The summed E-state index contributed by atoms with van der Waals surface area (Å²) in [4.78, 5) is 4.81. The van der Waals surface area contributed by atoms with Crippen LogP contribution in [0, 0.1) is 6.92 Å². The number of aryl methyl sites for hydroxylation is 1. The van der Waals surface area contributed by atoms with Gasteiger partial charge in [0.15, 0.2) is 0 Å². The molecule has 0 radical (unpaired) electrons.